The number of benzene rings is 1. The smallest absolute Gasteiger partial charge is 0.267 e. The molecule has 130 valence electrons. The fourth-order valence-corrected chi connectivity index (χ4v) is 3.03. The van der Waals surface area contributed by atoms with Crippen molar-refractivity contribution in [2.24, 2.45) is 0 Å². The predicted octanol–water partition coefficient (Wildman–Crippen LogP) is 3.99. The quantitative estimate of drug-likeness (QED) is 0.557. The van der Waals surface area contributed by atoms with Gasteiger partial charge in [-0.2, -0.15) is 5.10 Å². The number of rotatable bonds is 4. The predicted molar refractivity (Wildman–Crippen MR) is 101 cm³/mol. The minimum absolute atomic E-state index is 0.231. The third-order valence-electron chi connectivity index (χ3n) is 3.94. The minimum Gasteiger partial charge on any atom is -0.350 e. The summed E-state index contributed by atoms with van der Waals surface area (Å²) in [7, 11) is 0. The van der Waals surface area contributed by atoms with Crippen molar-refractivity contribution in [3.63, 3.8) is 0 Å². The number of amides is 1. The average molecular weight is 386 g/mol. The van der Waals surface area contributed by atoms with Crippen LogP contribution in [0.4, 0.5) is 0 Å². The summed E-state index contributed by atoms with van der Waals surface area (Å²) in [5, 5.41) is 8.62. The first-order chi connectivity index (χ1) is 12.6. The number of carbonyl (C=O) groups excluding carboxylic acids is 1. The van der Waals surface area contributed by atoms with Crippen LogP contribution in [0.1, 0.15) is 16.1 Å². The van der Waals surface area contributed by atoms with E-state index in [9.17, 15) is 4.79 Å². The molecule has 0 unspecified atom stereocenters. The number of aromatic amines is 1. The van der Waals surface area contributed by atoms with Crippen molar-refractivity contribution >= 4 is 40.0 Å². The molecular formula is C18H13Cl2N5O. The summed E-state index contributed by atoms with van der Waals surface area (Å²) < 4.78 is 1.66. The lowest BCUT2D eigenvalue weighted by molar-refractivity contribution is 0.0946. The van der Waals surface area contributed by atoms with Crippen molar-refractivity contribution in [1.29, 1.82) is 0 Å². The molecule has 4 rings (SSSR count). The molecule has 8 heteroatoms. The Labute approximate surface area is 158 Å². The third kappa shape index (κ3) is 3.16. The number of fused-ring (bicyclic) bond motifs is 1. The van der Waals surface area contributed by atoms with Gasteiger partial charge in [-0.25, -0.2) is 9.67 Å². The first-order valence-electron chi connectivity index (χ1n) is 7.82. The van der Waals surface area contributed by atoms with Gasteiger partial charge in [-0.3, -0.25) is 4.79 Å². The molecule has 0 radical (unpaired) electrons. The molecule has 2 N–H and O–H groups in total. The summed E-state index contributed by atoms with van der Waals surface area (Å²) >= 11 is 12.2. The average Bonchev–Trinajstić information content (AvgIpc) is 3.33. The zero-order valence-corrected chi connectivity index (χ0v) is 14.9. The normalized spacial score (nSPS) is 11.0. The van der Waals surface area contributed by atoms with E-state index in [1.165, 1.54) is 0 Å². The Morgan fingerprint density at radius 2 is 2.08 bits per heavy atom. The van der Waals surface area contributed by atoms with Crippen LogP contribution in [-0.4, -0.2) is 25.7 Å². The highest BCUT2D eigenvalue weighted by molar-refractivity contribution is 6.45. The van der Waals surface area contributed by atoms with Gasteiger partial charge >= 0.3 is 0 Å². The highest BCUT2D eigenvalue weighted by Crippen LogP contribution is 2.31. The summed E-state index contributed by atoms with van der Waals surface area (Å²) in [4.78, 5) is 19.8. The molecule has 0 atom stereocenters. The second-order valence-corrected chi connectivity index (χ2v) is 6.45. The van der Waals surface area contributed by atoms with Gasteiger partial charge in [-0.05, 0) is 42.0 Å². The number of nitrogens with zero attached hydrogens (tertiary/aromatic N) is 3. The number of carbonyl (C=O) groups is 1. The van der Waals surface area contributed by atoms with Crippen LogP contribution in [-0.2, 0) is 6.54 Å². The lowest BCUT2D eigenvalue weighted by Gasteiger charge is -2.06. The molecule has 0 aliphatic heterocycles. The van der Waals surface area contributed by atoms with Gasteiger partial charge in [0.15, 0.2) is 5.82 Å². The maximum atomic E-state index is 12.4. The number of H-pyrrole nitrogens is 1. The zero-order valence-electron chi connectivity index (χ0n) is 13.4. The highest BCUT2D eigenvalue weighted by atomic mass is 35.5. The maximum Gasteiger partial charge on any atom is 0.267 e. The van der Waals surface area contributed by atoms with Crippen LogP contribution in [0, 0.1) is 0 Å². The molecule has 0 spiro atoms. The second-order valence-electron chi connectivity index (χ2n) is 5.66. The van der Waals surface area contributed by atoms with Gasteiger partial charge < -0.3 is 10.3 Å². The summed E-state index contributed by atoms with van der Waals surface area (Å²) in [5.74, 6) is 0.458. The molecule has 4 aromatic rings. The van der Waals surface area contributed by atoms with E-state index in [1.807, 2.05) is 24.4 Å². The van der Waals surface area contributed by atoms with Gasteiger partial charge in [-0.1, -0.05) is 23.2 Å². The fraction of sp³-hybridized carbons (Fsp3) is 0.0556. The van der Waals surface area contributed by atoms with E-state index in [2.05, 4.69) is 20.4 Å². The van der Waals surface area contributed by atoms with Gasteiger partial charge in [0.05, 0.1) is 10.0 Å². The van der Waals surface area contributed by atoms with Crippen LogP contribution in [0.25, 0.3) is 16.7 Å². The molecule has 0 saturated carbocycles. The van der Waals surface area contributed by atoms with Crippen LogP contribution < -0.4 is 5.32 Å². The number of hydrogen-bond acceptors (Lipinski definition) is 3. The largest absolute Gasteiger partial charge is 0.350 e. The van der Waals surface area contributed by atoms with E-state index in [0.29, 0.717) is 33.5 Å². The third-order valence-corrected chi connectivity index (χ3v) is 4.76. The standard InChI is InChI=1S/C18H13Cl2N5O/c19-13-2-3-14-12(17(13)20)9-15(24-14)18(26)22-10-11-4-6-21-16(8-11)25-7-1-5-23-25/h1-9,24H,10H2,(H,22,26). The summed E-state index contributed by atoms with van der Waals surface area (Å²) in [5.41, 5.74) is 2.09. The van der Waals surface area contributed by atoms with Gasteiger partial charge in [0.1, 0.15) is 5.69 Å². The lowest BCUT2D eigenvalue weighted by Crippen LogP contribution is -2.23. The fourth-order valence-electron chi connectivity index (χ4n) is 2.64. The van der Waals surface area contributed by atoms with Crippen molar-refractivity contribution in [2.45, 2.75) is 6.54 Å². The molecule has 26 heavy (non-hydrogen) atoms. The van der Waals surface area contributed by atoms with Crippen molar-refractivity contribution < 1.29 is 4.79 Å². The Morgan fingerprint density at radius 3 is 2.88 bits per heavy atom. The van der Waals surface area contributed by atoms with E-state index in [1.54, 1.807) is 35.3 Å². The molecule has 3 heterocycles. The van der Waals surface area contributed by atoms with Crippen LogP contribution in [0.3, 0.4) is 0 Å². The summed E-state index contributed by atoms with van der Waals surface area (Å²) in [6.45, 7) is 0.361. The number of hydrogen-bond donors (Lipinski definition) is 2. The molecule has 6 nitrogen and oxygen atoms in total. The Morgan fingerprint density at radius 1 is 1.19 bits per heavy atom. The van der Waals surface area contributed by atoms with Crippen molar-refractivity contribution in [3.8, 4) is 5.82 Å². The van der Waals surface area contributed by atoms with Gasteiger partial charge in [-0.15, -0.1) is 0 Å². The van der Waals surface area contributed by atoms with E-state index in [4.69, 9.17) is 23.2 Å². The Balaban J connectivity index is 1.51. The van der Waals surface area contributed by atoms with Crippen LogP contribution >= 0.6 is 23.2 Å². The zero-order chi connectivity index (χ0) is 18.1. The number of aromatic nitrogens is 4. The summed E-state index contributed by atoms with van der Waals surface area (Å²) in [6, 6.07) is 10.7. The number of nitrogens with one attached hydrogen (secondary N) is 2. The van der Waals surface area contributed by atoms with Crippen molar-refractivity contribution in [3.05, 3.63) is 76.3 Å². The molecule has 1 aromatic carbocycles. The monoisotopic (exact) mass is 385 g/mol. The van der Waals surface area contributed by atoms with E-state index >= 15 is 0 Å². The number of pyridine rings is 1. The first-order valence-corrected chi connectivity index (χ1v) is 8.57. The Hall–Kier alpha value is -2.83. The van der Waals surface area contributed by atoms with E-state index in [0.717, 1.165) is 11.1 Å². The molecule has 0 aliphatic carbocycles. The SMILES string of the molecule is O=C(NCc1ccnc(-n2cccn2)c1)c1cc2c(Cl)c(Cl)ccc2[nH]1. The van der Waals surface area contributed by atoms with Crippen LogP contribution in [0.2, 0.25) is 10.0 Å². The first kappa shape index (κ1) is 16.6. The molecule has 0 fully saturated rings. The molecule has 1 amide bonds. The molecule has 0 bridgehead atoms. The van der Waals surface area contributed by atoms with Gasteiger partial charge in [0.25, 0.3) is 5.91 Å². The minimum atomic E-state index is -0.231. The maximum absolute atomic E-state index is 12.4. The molecule has 3 aromatic heterocycles. The van der Waals surface area contributed by atoms with Crippen molar-refractivity contribution in [1.82, 2.24) is 25.1 Å². The highest BCUT2D eigenvalue weighted by Gasteiger charge is 2.13. The Kier molecular flexibility index (Phi) is 4.36. The van der Waals surface area contributed by atoms with Crippen molar-refractivity contribution in [2.75, 3.05) is 0 Å². The van der Waals surface area contributed by atoms with Gasteiger partial charge in [0, 0.05) is 36.0 Å². The molecule has 0 aliphatic rings. The lowest BCUT2D eigenvalue weighted by atomic mass is 10.2. The molecule has 0 saturated heterocycles. The van der Waals surface area contributed by atoms with Crippen LogP contribution in [0.15, 0.2) is 55.0 Å². The van der Waals surface area contributed by atoms with Gasteiger partial charge in [0.2, 0.25) is 0 Å². The van der Waals surface area contributed by atoms with E-state index in [-0.39, 0.29) is 5.91 Å². The Bertz CT molecular complexity index is 1090. The number of halogens is 2. The second kappa shape index (κ2) is 6.82. The topological polar surface area (TPSA) is 75.6 Å². The summed E-state index contributed by atoms with van der Waals surface area (Å²) in [6.07, 6.45) is 5.18. The molecular weight excluding hydrogens is 373 g/mol. The van der Waals surface area contributed by atoms with Crippen LogP contribution in [0.5, 0.6) is 0 Å². The van der Waals surface area contributed by atoms with E-state index < -0.39 is 0 Å².